The Bertz CT molecular complexity index is 461. The number of nitrogens with two attached hydrogens (primary N) is 1. The van der Waals surface area contributed by atoms with Crippen molar-refractivity contribution in [3.05, 3.63) is 28.3 Å². The van der Waals surface area contributed by atoms with Crippen LogP contribution in [0.25, 0.3) is 0 Å². The number of nitrogens with zero attached hydrogens (tertiary/aromatic N) is 2. The van der Waals surface area contributed by atoms with Crippen LogP contribution in [0, 0.1) is 10.1 Å². The van der Waals surface area contributed by atoms with Gasteiger partial charge in [0.2, 0.25) is 0 Å². The summed E-state index contributed by atoms with van der Waals surface area (Å²) in [6.45, 7) is 5.32. The van der Waals surface area contributed by atoms with E-state index in [4.69, 9.17) is 10.5 Å². The van der Waals surface area contributed by atoms with Gasteiger partial charge in [0.25, 0.3) is 5.69 Å². The van der Waals surface area contributed by atoms with Crippen molar-refractivity contribution in [2.24, 2.45) is 0 Å². The molecule has 0 unspecified atom stereocenters. The first-order valence-electron chi connectivity index (χ1n) is 6.74. The Morgan fingerprint density at radius 3 is 2.80 bits per heavy atom. The van der Waals surface area contributed by atoms with Crippen molar-refractivity contribution in [3.8, 4) is 0 Å². The van der Waals surface area contributed by atoms with Gasteiger partial charge in [-0.25, -0.2) is 0 Å². The number of hydrogen-bond donors (Lipinski definition) is 2. The summed E-state index contributed by atoms with van der Waals surface area (Å²) in [5.41, 5.74) is 6.76. The molecule has 0 radical (unpaired) electrons. The first kappa shape index (κ1) is 14.5. The summed E-state index contributed by atoms with van der Waals surface area (Å²) in [5.74, 6) is 0. The fourth-order valence-electron chi connectivity index (χ4n) is 2.20. The second-order valence-electron chi connectivity index (χ2n) is 4.80. The maximum atomic E-state index is 10.7. The highest BCUT2D eigenvalue weighted by atomic mass is 16.6. The van der Waals surface area contributed by atoms with Crippen LogP contribution in [0.3, 0.4) is 0 Å². The molecule has 0 aromatic heterocycles. The number of morpholine rings is 1. The number of rotatable bonds is 6. The van der Waals surface area contributed by atoms with Gasteiger partial charge in [0.15, 0.2) is 0 Å². The lowest BCUT2D eigenvalue weighted by Gasteiger charge is -2.26. The fourth-order valence-corrected chi connectivity index (χ4v) is 2.20. The lowest BCUT2D eigenvalue weighted by molar-refractivity contribution is -0.384. The molecule has 0 bridgehead atoms. The predicted molar refractivity (Wildman–Crippen MR) is 77.9 cm³/mol. The van der Waals surface area contributed by atoms with Crippen LogP contribution in [-0.2, 0) is 4.74 Å². The molecule has 1 aliphatic rings. The summed E-state index contributed by atoms with van der Waals surface area (Å²) in [6, 6.07) is 4.58. The number of nitro groups is 1. The van der Waals surface area contributed by atoms with Crippen LogP contribution >= 0.6 is 0 Å². The molecule has 1 heterocycles. The number of anilines is 2. The van der Waals surface area contributed by atoms with Crippen LogP contribution in [0.15, 0.2) is 18.2 Å². The number of nitro benzene ring substituents is 1. The largest absolute Gasteiger partial charge is 0.398 e. The van der Waals surface area contributed by atoms with Crippen LogP contribution in [0.1, 0.15) is 6.42 Å². The number of benzene rings is 1. The zero-order valence-corrected chi connectivity index (χ0v) is 11.4. The molecule has 1 aromatic rings. The van der Waals surface area contributed by atoms with E-state index in [1.165, 1.54) is 12.1 Å². The van der Waals surface area contributed by atoms with Crippen molar-refractivity contribution in [1.82, 2.24) is 4.90 Å². The number of ether oxygens (including phenoxy) is 1. The molecule has 1 fully saturated rings. The van der Waals surface area contributed by atoms with E-state index in [1.807, 2.05) is 0 Å². The van der Waals surface area contributed by atoms with E-state index in [-0.39, 0.29) is 5.69 Å². The van der Waals surface area contributed by atoms with Gasteiger partial charge in [0.05, 0.1) is 18.1 Å². The Hall–Kier alpha value is -1.86. The summed E-state index contributed by atoms with van der Waals surface area (Å²) >= 11 is 0. The SMILES string of the molecule is Nc1cc(NCCCN2CCOCC2)cc([N+](=O)[O-])c1. The molecule has 7 nitrogen and oxygen atoms in total. The van der Waals surface area contributed by atoms with Crippen molar-refractivity contribution >= 4 is 17.1 Å². The van der Waals surface area contributed by atoms with Crippen LogP contribution in [0.5, 0.6) is 0 Å². The molecule has 0 saturated carbocycles. The number of non-ortho nitro benzene ring substituents is 1. The van der Waals surface area contributed by atoms with Gasteiger partial charge in [-0.05, 0) is 19.0 Å². The molecule has 0 aliphatic carbocycles. The molecule has 0 amide bonds. The van der Waals surface area contributed by atoms with Gasteiger partial charge in [-0.15, -0.1) is 0 Å². The average molecular weight is 280 g/mol. The zero-order chi connectivity index (χ0) is 14.4. The van der Waals surface area contributed by atoms with Crippen LogP contribution in [-0.4, -0.2) is 49.2 Å². The van der Waals surface area contributed by atoms with Gasteiger partial charge in [0.1, 0.15) is 0 Å². The molecule has 2 rings (SSSR count). The molecule has 7 heteroatoms. The summed E-state index contributed by atoms with van der Waals surface area (Å²) < 4.78 is 5.29. The van der Waals surface area contributed by atoms with Crippen molar-refractivity contribution in [2.45, 2.75) is 6.42 Å². The Balaban J connectivity index is 1.77. The standard InChI is InChI=1S/C13H20N4O3/c14-11-8-12(10-13(9-11)17(18)19)15-2-1-3-16-4-6-20-7-5-16/h8-10,15H,1-7,14H2. The van der Waals surface area contributed by atoms with E-state index in [0.29, 0.717) is 11.4 Å². The Kier molecular flexibility index (Phi) is 5.14. The molecular weight excluding hydrogens is 260 g/mol. The molecule has 110 valence electrons. The summed E-state index contributed by atoms with van der Waals surface area (Å²) in [7, 11) is 0. The van der Waals surface area contributed by atoms with E-state index < -0.39 is 4.92 Å². The highest BCUT2D eigenvalue weighted by Crippen LogP contribution is 2.22. The van der Waals surface area contributed by atoms with Crippen LogP contribution < -0.4 is 11.1 Å². The number of hydrogen-bond acceptors (Lipinski definition) is 6. The van der Waals surface area contributed by atoms with Gasteiger partial charge >= 0.3 is 0 Å². The lowest BCUT2D eigenvalue weighted by atomic mass is 10.2. The maximum absolute atomic E-state index is 10.7. The van der Waals surface area contributed by atoms with Crippen molar-refractivity contribution < 1.29 is 9.66 Å². The van der Waals surface area contributed by atoms with Gasteiger partial charge in [-0.2, -0.15) is 0 Å². The molecule has 1 aliphatic heterocycles. The minimum absolute atomic E-state index is 0.0145. The fraction of sp³-hybridized carbons (Fsp3) is 0.538. The summed E-state index contributed by atoms with van der Waals surface area (Å²) in [6.07, 6.45) is 0.975. The molecule has 0 atom stereocenters. The molecule has 1 aromatic carbocycles. The molecule has 0 spiro atoms. The quantitative estimate of drug-likeness (QED) is 0.353. The summed E-state index contributed by atoms with van der Waals surface area (Å²) in [4.78, 5) is 12.7. The molecule has 1 saturated heterocycles. The van der Waals surface area contributed by atoms with E-state index in [9.17, 15) is 10.1 Å². The van der Waals surface area contributed by atoms with Gasteiger partial charge in [0, 0.05) is 43.1 Å². The van der Waals surface area contributed by atoms with Crippen molar-refractivity contribution in [2.75, 3.05) is 50.4 Å². The first-order valence-corrected chi connectivity index (χ1v) is 6.74. The summed E-state index contributed by atoms with van der Waals surface area (Å²) in [5, 5.41) is 13.9. The average Bonchev–Trinajstić information content (AvgIpc) is 2.44. The monoisotopic (exact) mass is 280 g/mol. The van der Waals surface area contributed by atoms with E-state index in [1.54, 1.807) is 6.07 Å². The molecule has 3 N–H and O–H groups in total. The third-order valence-electron chi connectivity index (χ3n) is 3.23. The second-order valence-corrected chi connectivity index (χ2v) is 4.80. The van der Waals surface area contributed by atoms with Crippen molar-refractivity contribution in [1.29, 1.82) is 0 Å². The van der Waals surface area contributed by atoms with E-state index in [2.05, 4.69) is 10.2 Å². The van der Waals surface area contributed by atoms with Crippen LogP contribution in [0.2, 0.25) is 0 Å². The minimum Gasteiger partial charge on any atom is -0.398 e. The van der Waals surface area contributed by atoms with E-state index >= 15 is 0 Å². The highest BCUT2D eigenvalue weighted by molar-refractivity contribution is 5.61. The van der Waals surface area contributed by atoms with Gasteiger partial charge < -0.3 is 15.8 Å². The van der Waals surface area contributed by atoms with Gasteiger partial charge in [-0.3, -0.25) is 15.0 Å². The minimum atomic E-state index is -0.435. The Labute approximate surface area is 117 Å². The number of nitrogens with one attached hydrogen (secondary N) is 1. The topological polar surface area (TPSA) is 93.7 Å². The van der Waals surface area contributed by atoms with Gasteiger partial charge in [-0.1, -0.05) is 0 Å². The van der Waals surface area contributed by atoms with Crippen molar-refractivity contribution in [3.63, 3.8) is 0 Å². The van der Waals surface area contributed by atoms with E-state index in [0.717, 1.165) is 45.8 Å². The molecular formula is C13H20N4O3. The zero-order valence-electron chi connectivity index (χ0n) is 11.4. The Morgan fingerprint density at radius 2 is 2.10 bits per heavy atom. The highest BCUT2D eigenvalue weighted by Gasteiger charge is 2.10. The molecule has 20 heavy (non-hydrogen) atoms. The predicted octanol–water partition coefficient (Wildman–Crippen LogP) is 1.31. The Morgan fingerprint density at radius 1 is 1.35 bits per heavy atom. The smallest absolute Gasteiger partial charge is 0.273 e. The normalized spacial score (nSPS) is 16.0. The third-order valence-corrected chi connectivity index (χ3v) is 3.23. The second kappa shape index (κ2) is 7.06. The lowest BCUT2D eigenvalue weighted by Crippen LogP contribution is -2.37. The third kappa shape index (κ3) is 4.36. The van der Waals surface area contributed by atoms with Crippen LogP contribution in [0.4, 0.5) is 17.1 Å². The maximum Gasteiger partial charge on any atom is 0.273 e. The number of nitrogen functional groups attached to an aromatic ring is 1. The first-order chi connectivity index (χ1) is 9.65.